The Labute approximate surface area is 136 Å². The number of nitrogens with zero attached hydrogens (tertiary/aromatic N) is 1. The minimum absolute atomic E-state index is 0.0661. The van der Waals surface area contributed by atoms with E-state index in [2.05, 4.69) is 34.3 Å². The van der Waals surface area contributed by atoms with E-state index in [1.165, 1.54) is 5.56 Å². The van der Waals surface area contributed by atoms with E-state index in [9.17, 15) is 4.79 Å². The van der Waals surface area contributed by atoms with Gasteiger partial charge in [-0.05, 0) is 44.0 Å². The maximum Gasteiger partial charge on any atom is 0.252 e. The van der Waals surface area contributed by atoms with E-state index < -0.39 is 0 Å². The van der Waals surface area contributed by atoms with Crippen LogP contribution in [-0.2, 0) is 6.54 Å². The number of carbonyl (C=O) groups excluding carboxylic acids is 1. The van der Waals surface area contributed by atoms with Gasteiger partial charge in [0.1, 0.15) is 5.82 Å². The van der Waals surface area contributed by atoms with Gasteiger partial charge in [0, 0.05) is 5.69 Å². The van der Waals surface area contributed by atoms with E-state index in [0.29, 0.717) is 6.54 Å². The zero-order valence-electron chi connectivity index (χ0n) is 13.9. The van der Waals surface area contributed by atoms with Crippen LogP contribution in [0.1, 0.15) is 38.7 Å². The van der Waals surface area contributed by atoms with Crippen LogP contribution >= 0.6 is 0 Å². The third-order valence-corrected chi connectivity index (χ3v) is 4.20. The largest absolute Gasteiger partial charge is 0.345 e. The molecule has 0 saturated heterocycles. The highest BCUT2D eigenvalue weighted by Crippen LogP contribution is 2.23. The molecule has 1 heterocycles. The molecule has 4 nitrogen and oxygen atoms in total. The number of carbonyl (C=O) groups is 1. The molecule has 0 spiro atoms. The van der Waals surface area contributed by atoms with E-state index in [0.717, 1.165) is 39.1 Å². The second-order valence-electron chi connectivity index (χ2n) is 6.06. The summed E-state index contributed by atoms with van der Waals surface area (Å²) in [6.45, 7) is 8.35. The van der Waals surface area contributed by atoms with Gasteiger partial charge in [0.05, 0.1) is 17.8 Å². The normalized spacial score (nSPS) is 11.0. The molecule has 0 atom stereocenters. The zero-order valence-corrected chi connectivity index (χ0v) is 13.9. The molecule has 4 heteroatoms. The first-order valence-corrected chi connectivity index (χ1v) is 7.76. The molecule has 0 fully saturated rings. The first-order valence-electron chi connectivity index (χ1n) is 7.76. The molecular weight excluding hydrogens is 286 g/mol. The van der Waals surface area contributed by atoms with Crippen molar-refractivity contribution < 1.29 is 4.79 Å². The lowest BCUT2D eigenvalue weighted by Crippen LogP contribution is -2.24. The molecule has 0 unspecified atom stereocenters. The Morgan fingerprint density at radius 2 is 1.91 bits per heavy atom. The van der Waals surface area contributed by atoms with Crippen LogP contribution in [0.25, 0.3) is 10.8 Å². The molecule has 23 heavy (non-hydrogen) atoms. The van der Waals surface area contributed by atoms with Gasteiger partial charge < -0.3 is 10.3 Å². The van der Waals surface area contributed by atoms with Crippen molar-refractivity contribution in [3.63, 3.8) is 0 Å². The van der Waals surface area contributed by atoms with Crippen LogP contribution in [0.2, 0.25) is 0 Å². The molecule has 0 aliphatic rings. The number of aryl methyl sites for hydroxylation is 4. The topological polar surface area (TPSA) is 57.8 Å². The minimum atomic E-state index is -0.0661. The summed E-state index contributed by atoms with van der Waals surface area (Å²) in [5.41, 5.74) is 4.90. The van der Waals surface area contributed by atoms with Crippen molar-refractivity contribution in [3.05, 3.63) is 64.2 Å². The average molecular weight is 307 g/mol. The van der Waals surface area contributed by atoms with Crippen LogP contribution in [0.3, 0.4) is 0 Å². The van der Waals surface area contributed by atoms with E-state index in [4.69, 9.17) is 0 Å². The van der Waals surface area contributed by atoms with Gasteiger partial charge in [-0.2, -0.15) is 0 Å². The van der Waals surface area contributed by atoms with Crippen molar-refractivity contribution in [2.45, 2.75) is 34.2 Å². The van der Waals surface area contributed by atoms with Gasteiger partial charge in [-0.15, -0.1) is 0 Å². The van der Waals surface area contributed by atoms with Crippen molar-refractivity contribution in [1.29, 1.82) is 0 Å². The number of amides is 1. The van der Waals surface area contributed by atoms with Gasteiger partial charge >= 0.3 is 0 Å². The van der Waals surface area contributed by atoms with Gasteiger partial charge in [0.25, 0.3) is 5.91 Å². The fraction of sp³-hybridized carbons (Fsp3) is 0.263. The molecule has 1 amide bonds. The second kappa shape index (κ2) is 5.88. The Balaban J connectivity index is 1.89. The Hall–Kier alpha value is -2.62. The number of aromatic nitrogens is 2. The van der Waals surface area contributed by atoms with Crippen molar-refractivity contribution in [1.82, 2.24) is 15.3 Å². The number of H-pyrrole nitrogens is 1. The fourth-order valence-corrected chi connectivity index (χ4v) is 2.82. The minimum Gasteiger partial charge on any atom is -0.345 e. The summed E-state index contributed by atoms with van der Waals surface area (Å²) in [4.78, 5) is 20.3. The van der Waals surface area contributed by atoms with Gasteiger partial charge in [0.15, 0.2) is 0 Å². The molecule has 0 saturated carbocycles. The highest BCUT2D eigenvalue weighted by atomic mass is 16.1. The lowest BCUT2D eigenvalue weighted by Gasteiger charge is -2.11. The monoisotopic (exact) mass is 307 g/mol. The maximum absolute atomic E-state index is 12.7. The van der Waals surface area contributed by atoms with Gasteiger partial charge in [-0.3, -0.25) is 4.79 Å². The average Bonchev–Trinajstić information content (AvgIpc) is 2.83. The Morgan fingerprint density at radius 1 is 1.13 bits per heavy atom. The van der Waals surface area contributed by atoms with Crippen molar-refractivity contribution in [2.24, 2.45) is 0 Å². The molecule has 2 N–H and O–H groups in total. The van der Waals surface area contributed by atoms with Crippen molar-refractivity contribution in [2.75, 3.05) is 0 Å². The SMILES string of the molecule is Cc1ccc2c(C(=O)NCc3nc(C)c(C)[nH]3)c(C)ccc2c1. The summed E-state index contributed by atoms with van der Waals surface area (Å²) in [5.74, 6) is 0.714. The molecule has 0 aliphatic carbocycles. The first-order chi connectivity index (χ1) is 11.0. The molecule has 3 rings (SSSR count). The standard InChI is InChI=1S/C19H21N3O/c1-11-5-8-16-15(9-11)7-6-12(2)18(16)19(23)20-10-17-21-13(3)14(4)22-17/h5-9H,10H2,1-4H3,(H,20,23)(H,21,22). The molecular formula is C19H21N3O. The zero-order chi connectivity index (χ0) is 16.6. The highest BCUT2D eigenvalue weighted by molar-refractivity contribution is 6.08. The third kappa shape index (κ3) is 2.97. The second-order valence-corrected chi connectivity index (χ2v) is 6.06. The van der Waals surface area contributed by atoms with Gasteiger partial charge in [-0.1, -0.05) is 35.9 Å². The molecule has 0 radical (unpaired) electrons. The lowest BCUT2D eigenvalue weighted by molar-refractivity contribution is 0.0951. The molecule has 118 valence electrons. The molecule has 1 aromatic heterocycles. The number of nitrogens with one attached hydrogen (secondary N) is 2. The Bertz CT molecular complexity index is 874. The van der Waals surface area contributed by atoms with E-state index >= 15 is 0 Å². The summed E-state index contributed by atoms with van der Waals surface area (Å²) in [6.07, 6.45) is 0. The van der Waals surface area contributed by atoms with E-state index in [-0.39, 0.29) is 5.91 Å². The van der Waals surface area contributed by atoms with Gasteiger partial charge in [-0.25, -0.2) is 4.98 Å². The molecule has 0 aliphatic heterocycles. The number of imidazole rings is 1. The Kier molecular flexibility index (Phi) is 3.90. The molecule has 2 aromatic carbocycles. The summed E-state index contributed by atoms with van der Waals surface area (Å²) in [6, 6.07) is 10.2. The third-order valence-electron chi connectivity index (χ3n) is 4.20. The summed E-state index contributed by atoms with van der Waals surface area (Å²) < 4.78 is 0. The smallest absolute Gasteiger partial charge is 0.252 e. The number of hydrogen-bond acceptors (Lipinski definition) is 2. The number of aromatic amines is 1. The van der Waals surface area contributed by atoms with Crippen LogP contribution in [-0.4, -0.2) is 15.9 Å². The first kappa shape index (κ1) is 15.3. The van der Waals surface area contributed by atoms with Crippen LogP contribution in [0.15, 0.2) is 30.3 Å². The quantitative estimate of drug-likeness (QED) is 0.774. The highest BCUT2D eigenvalue weighted by Gasteiger charge is 2.14. The molecule has 3 aromatic rings. The number of fused-ring (bicyclic) bond motifs is 1. The Morgan fingerprint density at radius 3 is 2.61 bits per heavy atom. The summed E-state index contributed by atoms with van der Waals surface area (Å²) >= 11 is 0. The van der Waals surface area contributed by atoms with Crippen LogP contribution in [0.4, 0.5) is 0 Å². The predicted molar refractivity (Wildman–Crippen MR) is 92.7 cm³/mol. The number of rotatable bonds is 3. The number of hydrogen-bond donors (Lipinski definition) is 2. The summed E-state index contributed by atoms with van der Waals surface area (Å²) in [7, 11) is 0. The van der Waals surface area contributed by atoms with Crippen LogP contribution in [0, 0.1) is 27.7 Å². The predicted octanol–water partition coefficient (Wildman–Crippen LogP) is 3.73. The maximum atomic E-state index is 12.7. The van der Waals surface area contributed by atoms with Crippen molar-refractivity contribution in [3.8, 4) is 0 Å². The van der Waals surface area contributed by atoms with E-state index in [1.807, 2.05) is 39.0 Å². The van der Waals surface area contributed by atoms with Crippen molar-refractivity contribution >= 4 is 16.7 Å². The summed E-state index contributed by atoms with van der Waals surface area (Å²) in [5, 5.41) is 5.05. The van der Waals surface area contributed by atoms with Crippen LogP contribution in [0.5, 0.6) is 0 Å². The number of benzene rings is 2. The lowest BCUT2D eigenvalue weighted by atomic mass is 9.98. The van der Waals surface area contributed by atoms with Gasteiger partial charge in [0.2, 0.25) is 0 Å². The van der Waals surface area contributed by atoms with E-state index in [1.54, 1.807) is 0 Å². The molecule has 0 bridgehead atoms. The van der Waals surface area contributed by atoms with Crippen LogP contribution < -0.4 is 5.32 Å². The fourth-order valence-electron chi connectivity index (χ4n) is 2.82.